The second-order valence-corrected chi connectivity index (χ2v) is 5.72. The summed E-state index contributed by atoms with van der Waals surface area (Å²) in [4.78, 5) is 2.45. The molecule has 0 spiro atoms. The van der Waals surface area contributed by atoms with E-state index < -0.39 is 0 Å². The van der Waals surface area contributed by atoms with Crippen molar-refractivity contribution in [2.45, 2.75) is 26.3 Å². The van der Waals surface area contributed by atoms with Gasteiger partial charge >= 0.3 is 0 Å². The normalized spacial score (nSPS) is 23.5. The van der Waals surface area contributed by atoms with Crippen molar-refractivity contribution < 1.29 is 9.47 Å². The number of benzene rings is 1. The molecular formula is C16H24N2O2. The van der Waals surface area contributed by atoms with Crippen LogP contribution in [0.1, 0.15) is 20.3 Å². The summed E-state index contributed by atoms with van der Waals surface area (Å²) in [6.07, 6.45) is 1.21. The number of anilines is 1. The van der Waals surface area contributed by atoms with E-state index in [0.29, 0.717) is 25.2 Å². The van der Waals surface area contributed by atoms with Gasteiger partial charge in [-0.25, -0.2) is 0 Å². The molecule has 0 aliphatic carbocycles. The number of piperazine rings is 1. The summed E-state index contributed by atoms with van der Waals surface area (Å²) in [5.41, 5.74) is 1.24. The average molecular weight is 276 g/mol. The lowest BCUT2D eigenvalue weighted by Crippen LogP contribution is -2.53. The van der Waals surface area contributed by atoms with Gasteiger partial charge in [0.1, 0.15) is 13.2 Å². The lowest BCUT2D eigenvalue weighted by Gasteiger charge is -2.38. The molecule has 4 heteroatoms. The maximum atomic E-state index is 5.68. The molecule has 0 aromatic heterocycles. The van der Waals surface area contributed by atoms with E-state index in [4.69, 9.17) is 9.47 Å². The van der Waals surface area contributed by atoms with E-state index in [2.05, 4.69) is 36.2 Å². The van der Waals surface area contributed by atoms with Gasteiger partial charge in [-0.3, -0.25) is 0 Å². The second kappa shape index (κ2) is 5.92. The van der Waals surface area contributed by atoms with Crippen LogP contribution >= 0.6 is 0 Å². The lowest BCUT2D eigenvalue weighted by atomic mass is 9.97. The molecule has 2 unspecified atom stereocenters. The number of fused-ring (bicyclic) bond motifs is 1. The van der Waals surface area contributed by atoms with E-state index in [0.717, 1.165) is 31.1 Å². The number of ether oxygens (including phenoxy) is 2. The SMILES string of the molecule is CCC(C)C1CN(c2ccc3c(c2)OCCO3)CCN1. The molecule has 2 heterocycles. The average Bonchev–Trinajstić information content (AvgIpc) is 2.53. The highest BCUT2D eigenvalue weighted by molar-refractivity contribution is 5.57. The molecule has 0 bridgehead atoms. The van der Waals surface area contributed by atoms with Crippen LogP contribution in [-0.4, -0.2) is 38.9 Å². The molecule has 1 N–H and O–H groups in total. The Balaban J connectivity index is 1.75. The first-order valence-corrected chi connectivity index (χ1v) is 7.66. The van der Waals surface area contributed by atoms with Crippen molar-refractivity contribution in [3.63, 3.8) is 0 Å². The molecular weight excluding hydrogens is 252 g/mol. The Hall–Kier alpha value is -1.42. The second-order valence-electron chi connectivity index (χ2n) is 5.72. The summed E-state index contributed by atoms with van der Waals surface area (Å²) in [6.45, 7) is 9.04. The highest BCUT2D eigenvalue weighted by atomic mass is 16.6. The van der Waals surface area contributed by atoms with Crippen molar-refractivity contribution in [3.8, 4) is 11.5 Å². The third-order valence-electron chi connectivity index (χ3n) is 4.43. The minimum Gasteiger partial charge on any atom is -0.486 e. The highest BCUT2D eigenvalue weighted by Crippen LogP contribution is 2.34. The van der Waals surface area contributed by atoms with Crippen LogP contribution in [0.3, 0.4) is 0 Å². The first-order chi connectivity index (χ1) is 9.78. The van der Waals surface area contributed by atoms with Crippen molar-refractivity contribution in [1.29, 1.82) is 0 Å². The van der Waals surface area contributed by atoms with Crippen LogP contribution in [0.15, 0.2) is 18.2 Å². The zero-order valence-electron chi connectivity index (χ0n) is 12.4. The van der Waals surface area contributed by atoms with Gasteiger partial charge in [0.25, 0.3) is 0 Å². The quantitative estimate of drug-likeness (QED) is 0.918. The lowest BCUT2D eigenvalue weighted by molar-refractivity contribution is 0.171. The standard InChI is InChI=1S/C16H24N2O2/c1-3-12(2)14-11-18(7-6-17-14)13-4-5-15-16(10-13)20-9-8-19-15/h4-5,10,12,14,17H,3,6-9,11H2,1-2H3. The largest absolute Gasteiger partial charge is 0.486 e. The predicted octanol–water partition coefficient (Wildman–Crippen LogP) is 2.28. The molecule has 110 valence electrons. The van der Waals surface area contributed by atoms with E-state index in [1.807, 2.05) is 6.07 Å². The molecule has 4 nitrogen and oxygen atoms in total. The maximum absolute atomic E-state index is 5.68. The summed E-state index contributed by atoms with van der Waals surface area (Å²) in [6, 6.07) is 6.87. The van der Waals surface area contributed by atoms with Gasteiger partial charge in [0.15, 0.2) is 11.5 Å². The number of hydrogen-bond donors (Lipinski definition) is 1. The van der Waals surface area contributed by atoms with Gasteiger partial charge in [-0.15, -0.1) is 0 Å². The summed E-state index contributed by atoms with van der Waals surface area (Å²) in [5.74, 6) is 2.45. The van der Waals surface area contributed by atoms with Crippen LogP contribution in [0.25, 0.3) is 0 Å². The van der Waals surface area contributed by atoms with E-state index in [9.17, 15) is 0 Å². The molecule has 1 aromatic rings. The molecule has 1 fully saturated rings. The third kappa shape index (κ3) is 2.70. The summed E-state index contributed by atoms with van der Waals surface area (Å²) < 4.78 is 11.3. The van der Waals surface area contributed by atoms with Gasteiger partial charge in [-0.2, -0.15) is 0 Å². The molecule has 20 heavy (non-hydrogen) atoms. The van der Waals surface area contributed by atoms with Crippen LogP contribution in [0.2, 0.25) is 0 Å². The van der Waals surface area contributed by atoms with Crippen molar-refractivity contribution in [2.75, 3.05) is 37.7 Å². The van der Waals surface area contributed by atoms with Crippen LogP contribution in [0.5, 0.6) is 11.5 Å². The number of hydrogen-bond acceptors (Lipinski definition) is 4. The molecule has 1 saturated heterocycles. The Bertz CT molecular complexity index is 464. The molecule has 0 amide bonds. The molecule has 1 aromatic carbocycles. The maximum Gasteiger partial charge on any atom is 0.163 e. The first kappa shape index (κ1) is 13.6. The molecule has 3 rings (SSSR count). The summed E-state index contributed by atoms with van der Waals surface area (Å²) in [5, 5.41) is 3.63. The fraction of sp³-hybridized carbons (Fsp3) is 0.625. The van der Waals surface area contributed by atoms with Crippen LogP contribution in [-0.2, 0) is 0 Å². The summed E-state index contributed by atoms with van der Waals surface area (Å²) >= 11 is 0. The highest BCUT2D eigenvalue weighted by Gasteiger charge is 2.24. The van der Waals surface area contributed by atoms with E-state index >= 15 is 0 Å². The van der Waals surface area contributed by atoms with Crippen LogP contribution in [0, 0.1) is 5.92 Å². The topological polar surface area (TPSA) is 33.7 Å². The summed E-state index contributed by atoms with van der Waals surface area (Å²) in [7, 11) is 0. The minimum absolute atomic E-state index is 0.571. The zero-order valence-corrected chi connectivity index (χ0v) is 12.4. The number of rotatable bonds is 3. The molecule has 2 aliphatic heterocycles. The van der Waals surface area contributed by atoms with E-state index in [-0.39, 0.29) is 0 Å². The van der Waals surface area contributed by atoms with E-state index in [1.54, 1.807) is 0 Å². The number of nitrogens with zero attached hydrogens (tertiary/aromatic N) is 1. The zero-order chi connectivity index (χ0) is 13.9. The minimum atomic E-state index is 0.571. The fourth-order valence-electron chi connectivity index (χ4n) is 2.91. The van der Waals surface area contributed by atoms with Crippen molar-refractivity contribution in [1.82, 2.24) is 5.32 Å². The van der Waals surface area contributed by atoms with Crippen LogP contribution < -0.4 is 19.7 Å². The monoisotopic (exact) mass is 276 g/mol. The van der Waals surface area contributed by atoms with Crippen molar-refractivity contribution >= 4 is 5.69 Å². The molecule has 2 aliphatic rings. The van der Waals surface area contributed by atoms with E-state index in [1.165, 1.54) is 12.1 Å². The van der Waals surface area contributed by atoms with Crippen LogP contribution in [0.4, 0.5) is 5.69 Å². The third-order valence-corrected chi connectivity index (χ3v) is 4.43. The Morgan fingerprint density at radius 3 is 2.90 bits per heavy atom. The first-order valence-electron chi connectivity index (χ1n) is 7.66. The van der Waals surface area contributed by atoms with Gasteiger partial charge in [-0.05, 0) is 18.1 Å². The van der Waals surface area contributed by atoms with Gasteiger partial charge in [-0.1, -0.05) is 20.3 Å². The molecule has 0 saturated carbocycles. The molecule has 0 radical (unpaired) electrons. The Morgan fingerprint density at radius 1 is 1.30 bits per heavy atom. The predicted molar refractivity (Wildman–Crippen MR) is 80.9 cm³/mol. The van der Waals surface area contributed by atoms with Gasteiger partial charge < -0.3 is 19.7 Å². The Morgan fingerprint density at radius 2 is 2.10 bits per heavy atom. The Kier molecular flexibility index (Phi) is 4.01. The smallest absolute Gasteiger partial charge is 0.163 e. The van der Waals surface area contributed by atoms with Gasteiger partial charge in [0.2, 0.25) is 0 Å². The van der Waals surface area contributed by atoms with Crippen molar-refractivity contribution in [2.24, 2.45) is 5.92 Å². The fourth-order valence-corrected chi connectivity index (χ4v) is 2.91. The van der Waals surface area contributed by atoms with Crippen molar-refractivity contribution in [3.05, 3.63) is 18.2 Å². The number of nitrogens with one attached hydrogen (secondary N) is 1. The van der Waals surface area contributed by atoms with Gasteiger partial charge in [0.05, 0.1) is 0 Å². The van der Waals surface area contributed by atoms with Gasteiger partial charge in [0, 0.05) is 37.4 Å². The molecule has 2 atom stereocenters. The Labute approximate surface area is 121 Å².